The van der Waals surface area contributed by atoms with Crippen LogP contribution in [0.25, 0.3) is 0 Å². The van der Waals surface area contributed by atoms with Gasteiger partial charge in [-0.15, -0.1) is 0 Å². The van der Waals surface area contributed by atoms with Crippen molar-refractivity contribution in [1.29, 1.82) is 0 Å². The minimum atomic E-state index is 0.822. The van der Waals surface area contributed by atoms with Crippen molar-refractivity contribution in [3.8, 4) is 0 Å². The number of nitrogens with two attached hydrogens (primary N) is 1. The Labute approximate surface area is 66.6 Å². The Hall–Kier alpha value is -0.670. The lowest BCUT2D eigenvalue weighted by atomic mass is 10.3. The van der Waals surface area contributed by atoms with Gasteiger partial charge in [-0.2, -0.15) is 0 Å². The Morgan fingerprint density at radius 1 is 1.30 bits per heavy atom. The van der Waals surface area contributed by atoms with Crippen molar-refractivity contribution in [3.05, 3.63) is 30.3 Å². The molecule has 0 aromatic heterocycles. The summed E-state index contributed by atoms with van der Waals surface area (Å²) in [7, 11) is 1.49. The first kappa shape index (κ1) is 9.33. The summed E-state index contributed by atoms with van der Waals surface area (Å²) in [5.41, 5.74) is 6.18. The van der Waals surface area contributed by atoms with Crippen molar-refractivity contribution in [3.63, 3.8) is 0 Å². The fourth-order valence-corrected chi connectivity index (χ4v) is 0.453. The van der Waals surface area contributed by atoms with Gasteiger partial charge in [0, 0.05) is 12.8 Å². The highest BCUT2D eigenvalue weighted by Gasteiger charge is 1.72. The topological polar surface area (TPSA) is 35.2 Å². The van der Waals surface area contributed by atoms with E-state index in [4.69, 9.17) is 5.73 Å². The van der Waals surface area contributed by atoms with E-state index in [-0.39, 0.29) is 0 Å². The number of rotatable bonds is 0. The molecule has 0 aliphatic heterocycles. The predicted molar refractivity (Wildman–Crippen MR) is 46.8 cm³/mol. The SMILES string of the molecule is COS.Nc1ccccc1. The predicted octanol–water partition coefficient (Wildman–Crippen LogP) is 1.75. The molecule has 2 nitrogen and oxygen atoms in total. The second-order valence-electron chi connectivity index (χ2n) is 1.59. The smallest absolute Gasteiger partial charge is 0.0500 e. The molecule has 0 spiro atoms. The molecule has 1 rings (SSSR count). The van der Waals surface area contributed by atoms with Gasteiger partial charge in [0.2, 0.25) is 0 Å². The van der Waals surface area contributed by atoms with Crippen LogP contribution in [0.1, 0.15) is 0 Å². The third-order valence-electron chi connectivity index (χ3n) is 0.800. The second-order valence-corrected chi connectivity index (χ2v) is 1.96. The molecule has 0 atom stereocenters. The normalized spacial score (nSPS) is 7.80. The van der Waals surface area contributed by atoms with E-state index in [1.807, 2.05) is 30.3 Å². The molecule has 2 N–H and O–H groups in total. The molecule has 0 saturated carbocycles. The maximum Gasteiger partial charge on any atom is 0.0500 e. The van der Waals surface area contributed by atoms with Gasteiger partial charge in [0.1, 0.15) is 0 Å². The van der Waals surface area contributed by atoms with E-state index >= 15 is 0 Å². The molecule has 0 radical (unpaired) electrons. The van der Waals surface area contributed by atoms with Crippen LogP contribution in [0.15, 0.2) is 30.3 Å². The lowest BCUT2D eigenvalue weighted by molar-refractivity contribution is 0.500. The van der Waals surface area contributed by atoms with Gasteiger partial charge in [-0.25, -0.2) is 0 Å². The quantitative estimate of drug-likeness (QED) is 0.342. The van der Waals surface area contributed by atoms with E-state index in [1.54, 1.807) is 0 Å². The molecule has 0 aliphatic rings. The highest BCUT2D eigenvalue weighted by molar-refractivity contribution is 7.75. The van der Waals surface area contributed by atoms with Crippen molar-refractivity contribution in [1.82, 2.24) is 0 Å². The van der Waals surface area contributed by atoms with Crippen LogP contribution >= 0.6 is 12.9 Å². The summed E-state index contributed by atoms with van der Waals surface area (Å²) in [6.07, 6.45) is 0. The molecule has 0 unspecified atom stereocenters. The first-order valence-electron chi connectivity index (χ1n) is 2.79. The van der Waals surface area contributed by atoms with Gasteiger partial charge in [-0.1, -0.05) is 18.2 Å². The second kappa shape index (κ2) is 6.45. The van der Waals surface area contributed by atoms with E-state index < -0.39 is 0 Å². The minimum absolute atomic E-state index is 0.822. The van der Waals surface area contributed by atoms with Crippen molar-refractivity contribution in [2.24, 2.45) is 0 Å². The summed E-state index contributed by atoms with van der Waals surface area (Å²) in [4.78, 5) is 0. The Morgan fingerprint density at radius 2 is 1.70 bits per heavy atom. The Morgan fingerprint density at radius 3 is 1.90 bits per heavy atom. The fraction of sp³-hybridized carbons (Fsp3) is 0.143. The highest BCUT2D eigenvalue weighted by atomic mass is 32.1. The molecule has 0 heterocycles. The molecule has 1 aromatic carbocycles. The summed E-state index contributed by atoms with van der Waals surface area (Å²) < 4.78 is 3.94. The van der Waals surface area contributed by atoms with Crippen LogP contribution in [0.3, 0.4) is 0 Å². The largest absolute Gasteiger partial charge is 0.399 e. The lowest BCUT2D eigenvalue weighted by Gasteiger charge is -1.83. The van der Waals surface area contributed by atoms with Crippen LogP contribution in [0.4, 0.5) is 5.69 Å². The van der Waals surface area contributed by atoms with Crippen LogP contribution in [-0.2, 0) is 4.18 Å². The molecular formula is C7H11NOS. The third-order valence-corrected chi connectivity index (χ3v) is 0.800. The van der Waals surface area contributed by atoms with Gasteiger partial charge in [-0.05, 0) is 25.0 Å². The van der Waals surface area contributed by atoms with Crippen LogP contribution in [-0.4, -0.2) is 7.11 Å². The Bertz CT molecular complexity index is 155. The van der Waals surface area contributed by atoms with Crippen LogP contribution < -0.4 is 5.73 Å². The molecular weight excluding hydrogens is 146 g/mol. The maximum atomic E-state index is 5.36. The molecule has 0 amide bonds. The van der Waals surface area contributed by atoms with Crippen LogP contribution in [0.5, 0.6) is 0 Å². The van der Waals surface area contributed by atoms with E-state index in [1.165, 1.54) is 7.11 Å². The number of hydrogen-bond acceptors (Lipinski definition) is 3. The third kappa shape index (κ3) is 5.47. The van der Waals surface area contributed by atoms with Crippen molar-refractivity contribution < 1.29 is 4.18 Å². The number of benzene rings is 1. The van der Waals surface area contributed by atoms with E-state index in [9.17, 15) is 0 Å². The molecule has 0 aliphatic carbocycles. The first-order chi connectivity index (χ1) is 4.81. The van der Waals surface area contributed by atoms with Crippen molar-refractivity contribution >= 4 is 18.6 Å². The monoisotopic (exact) mass is 157 g/mol. The molecule has 0 bridgehead atoms. The maximum absolute atomic E-state index is 5.36. The van der Waals surface area contributed by atoms with Gasteiger partial charge in [0.25, 0.3) is 0 Å². The fourth-order valence-electron chi connectivity index (χ4n) is 0.453. The van der Waals surface area contributed by atoms with E-state index in [0.29, 0.717) is 0 Å². The number of para-hydroxylation sites is 1. The standard InChI is InChI=1S/C6H7N.CH4OS/c7-6-4-2-1-3-5-6;1-2-3/h1-5H,7H2;3H,1H3. The van der Waals surface area contributed by atoms with E-state index in [0.717, 1.165) is 5.69 Å². The Balaban J connectivity index is 0.000000236. The lowest BCUT2D eigenvalue weighted by Crippen LogP contribution is -1.79. The van der Waals surface area contributed by atoms with Gasteiger partial charge in [0.15, 0.2) is 0 Å². The van der Waals surface area contributed by atoms with Gasteiger partial charge >= 0.3 is 0 Å². The molecule has 1 aromatic rings. The van der Waals surface area contributed by atoms with Gasteiger partial charge in [-0.3, -0.25) is 0 Å². The average molecular weight is 157 g/mol. The zero-order chi connectivity index (χ0) is 7.82. The summed E-state index contributed by atoms with van der Waals surface area (Å²) >= 11 is 3.29. The number of nitrogen functional groups attached to an aromatic ring is 1. The van der Waals surface area contributed by atoms with Crippen LogP contribution in [0.2, 0.25) is 0 Å². The van der Waals surface area contributed by atoms with Gasteiger partial charge in [0.05, 0.1) is 0 Å². The van der Waals surface area contributed by atoms with Gasteiger partial charge < -0.3 is 9.92 Å². The molecule has 56 valence electrons. The summed E-state index contributed by atoms with van der Waals surface area (Å²) in [5, 5.41) is 0. The zero-order valence-corrected chi connectivity index (χ0v) is 6.71. The first-order valence-corrected chi connectivity index (χ1v) is 3.16. The number of hydrogen-bond donors (Lipinski definition) is 2. The van der Waals surface area contributed by atoms with Crippen LogP contribution in [0, 0.1) is 0 Å². The summed E-state index contributed by atoms with van der Waals surface area (Å²) in [6.45, 7) is 0. The van der Waals surface area contributed by atoms with E-state index in [2.05, 4.69) is 17.1 Å². The van der Waals surface area contributed by atoms with Crippen molar-refractivity contribution in [2.75, 3.05) is 12.8 Å². The summed E-state index contributed by atoms with van der Waals surface area (Å²) in [5.74, 6) is 0. The van der Waals surface area contributed by atoms with Crippen molar-refractivity contribution in [2.45, 2.75) is 0 Å². The number of anilines is 1. The zero-order valence-electron chi connectivity index (χ0n) is 5.82. The molecule has 3 heteroatoms. The Kier molecular flexibility index (Phi) is 6.02. The molecule has 0 fully saturated rings. The average Bonchev–Trinajstić information content (AvgIpc) is 1.91. The number of thiol groups is 1. The summed E-state index contributed by atoms with van der Waals surface area (Å²) in [6, 6.07) is 9.49. The highest BCUT2D eigenvalue weighted by Crippen LogP contribution is 1.95. The molecule has 0 saturated heterocycles. The minimum Gasteiger partial charge on any atom is -0.399 e. The molecule has 10 heavy (non-hydrogen) atoms.